The summed E-state index contributed by atoms with van der Waals surface area (Å²) in [7, 11) is 0. The number of aryl methyl sites for hydroxylation is 1. The predicted molar refractivity (Wildman–Crippen MR) is 82.7 cm³/mol. The van der Waals surface area contributed by atoms with Crippen LogP contribution in [-0.2, 0) is 0 Å². The Hall–Kier alpha value is -2.62. The molecule has 0 aliphatic rings. The van der Waals surface area contributed by atoms with Gasteiger partial charge in [-0.1, -0.05) is 18.2 Å². The van der Waals surface area contributed by atoms with E-state index in [1.807, 2.05) is 24.3 Å². The third kappa shape index (κ3) is 2.29. The summed E-state index contributed by atoms with van der Waals surface area (Å²) < 4.78 is 1.45. The number of hydrogen-bond acceptors (Lipinski definition) is 3. The van der Waals surface area contributed by atoms with Gasteiger partial charge in [-0.15, -0.1) is 0 Å². The number of aromatic nitrogens is 3. The first-order chi connectivity index (χ1) is 10.1. The van der Waals surface area contributed by atoms with Crippen molar-refractivity contribution in [1.29, 1.82) is 0 Å². The Morgan fingerprint density at radius 2 is 1.81 bits per heavy atom. The average molecular weight is 279 g/mol. The summed E-state index contributed by atoms with van der Waals surface area (Å²) in [5.41, 5.74) is 5.46. The van der Waals surface area contributed by atoms with Crippen molar-refractivity contribution in [3.63, 3.8) is 0 Å². The van der Waals surface area contributed by atoms with E-state index in [0.717, 1.165) is 11.3 Å². The molecule has 3 rings (SSSR count). The maximum atomic E-state index is 10.1. The molecule has 0 aliphatic carbocycles. The smallest absolute Gasteiger partial charge is 0.216 e. The zero-order valence-electron chi connectivity index (χ0n) is 12.3. The van der Waals surface area contributed by atoms with Crippen LogP contribution in [0.2, 0.25) is 0 Å². The highest BCUT2D eigenvalue weighted by molar-refractivity contribution is 5.67. The monoisotopic (exact) mass is 279 g/mol. The highest BCUT2D eigenvalue weighted by Gasteiger charge is 2.13. The van der Waals surface area contributed by atoms with Gasteiger partial charge in [-0.2, -0.15) is 9.78 Å². The van der Waals surface area contributed by atoms with E-state index < -0.39 is 0 Å². The molecular formula is C17H17N3O. The van der Waals surface area contributed by atoms with Gasteiger partial charge in [-0.05, 0) is 49.6 Å². The largest absolute Gasteiger partial charge is 0.493 e. The molecule has 0 saturated carbocycles. The predicted octanol–water partition coefficient (Wildman–Crippen LogP) is 3.57. The van der Waals surface area contributed by atoms with E-state index in [1.54, 1.807) is 12.3 Å². The van der Waals surface area contributed by atoms with Crippen LogP contribution in [0, 0.1) is 20.8 Å². The van der Waals surface area contributed by atoms with Crippen LogP contribution in [0.4, 0.5) is 0 Å². The molecular weight excluding hydrogens is 262 g/mol. The molecule has 0 bridgehead atoms. The van der Waals surface area contributed by atoms with Crippen LogP contribution in [-0.4, -0.2) is 19.9 Å². The Kier molecular flexibility index (Phi) is 3.22. The van der Waals surface area contributed by atoms with Crippen LogP contribution < -0.4 is 0 Å². The zero-order chi connectivity index (χ0) is 15.0. The normalized spacial score (nSPS) is 10.8. The number of hydrogen-bond donors (Lipinski definition) is 1. The first kappa shape index (κ1) is 13.4. The van der Waals surface area contributed by atoms with Gasteiger partial charge in [0.2, 0.25) is 5.88 Å². The number of nitrogens with zero attached hydrogens (tertiary/aromatic N) is 3. The fourth-order valence-corrected chi connectivity index (χ4v) is 2.38. The first-order valence-electron chi connectivity index (χ1n) is 6.85. The maximum absolute atomic E-state index is 10.1. The standard InChI is InChI=1S/C17H17N3O/c1-11-7-8-14(13(3)12(11)2)15-10-17(21)20(19-15)16-6-4-5-9-18-16/h4-10,21H,1-3H3. The van der Waals surface area contributed by atoms with E-state index >= 15 is 0 Å². The highest BCUT2D eigenvalue weighted by Crippen LogP contribution is 2.29. The van der Waals surface area contributed by atoms with Crippen LogP contribution in [0.15, 0.2) is 42.6 Å². The lowest BCUT2D eigenvalue weighted by Crippen LogP contribution is -1.99. The number of pyridine rings is 1. The van der Waals surface area contributed by atoms with Crippen molar-refractivity contribution in [2.45, 2.75) is 20.8 Å². The van der Waals surface area contributed by atoms with Crippen LogP contribution >= 0.6 is 0 Å². The molecule has 0 saturated heterocycles. The molecule has 0 amide bonds. The summed E-state index contributed by atoms with van der Waals surface area (Å²) in [5.74, 6) is 0.684. The Morgan fingerprint density at radius 1 is 1.00 bits per heavy atom. The second kappa shape index (κ2) is 5.05. The average Bonchev–Trinajstić information content (AvgIpc) is 2.87. The lowest BCUT2D eigenvalue weighted by Gasteiger charge is -2.09. The van der Waals surface area contributed by atoms with Crippen LogP contribution in [0.1, 0.15) is 16.7 Å². The number of benzene rings is 1. The minimum atomic E-state index is 0.0846. The molecule has 2 aromatic heterocycles. The summed E-state index contributed by atoms with van der Waals surface area (Å²) in [5, 5.41) is 14.6. The zero-order valence-corrected chi connectivity index (χ0v) is 12.3. The molecule has 21 heavy (non-hydrogen) atoms. The van der Waals surface area contributed by atoms with Gasteiger partial charge in [0.1, 0.15) is 0 Å². The third-order valence-corrected chi connectivity index (χ3v) is 3.89. The topological polar surface area (TPSA) is 50.9 Å². The van der Waals surface area contributed by atoms with Crippen molar-refractivity contribution >= 4 is 0 Å². The van der Waals surface area contributed by atoms with Gasteiger partial charge in [0.25, 0.3) is 0 Å². The van der Waals surface area contributed by atoms with Gasteiger partial charge in [-0.25, -0.2) is 4.98 Å². The van der Waals surface area contributed by atoms with Crippen molar-refractivity contribution < 1.29 is 5.11 Å². The molecule has 0 fully saturated rings. The minimum Gasteiger partial charge on any atom is -0.493 e. The lowest BCUT2D eigenvalue weighted by molar-refractivity contribution is 0.432. The van der Waals surface area contributed by atoms with Crippen molar-refractivity contribution in [1.82, 2.24) is 14.8 Å². The van der Waals surface area contributed by atoms with Crippen LogP contribution in [0.3, 0.4) is 0 Å². The summed E-state index contributed by atoms with van der Waals surface area (Å²) >= 11 is 0. The summed E-state index contributed by atoms with van der Waals surface area (Å²) in [6, 6.07) is 11.3. The Morgan fingerprint density at radius 3 is 2.52 bits per heavy atom. The van der Waals surface area contributed by atoms with E-state index in [1.165, 1.54) is 21.4 Å². The molecule has 4 nitrogen and oxygen atoms in total. The lowest BCUT2D eigenvalue weighted by atomic mass is 9.97. The minimum absolute atomic E-state index is 0.0846. The van der Waals surface area contributed by atoms with Gasteiger partial charge >= 0.3 is 0 Å². The van der Waals surface area contributed by atoms with Crippen LogP contribution in [0.5, 0.6) is 5.88 Å². The van der Waals surface area contributed by atoms with Crippen molar-refractivity contribution in [2.24, 2.45) is 0 Å². The second-order valence-electron chi connectivity index (χ2n) is 5.17. The van der Waals surface area contributed by atoms with Gasteiger partial charge in [-0.3, -0.25) is 0 Å². The van der Waals surface area contributed by atoms with E-state index in [0.29, 0.717) is 5.82 Å². The molecule has 0 atom stereocenters. The number of aromatic hydroxyl groups is 1. The van der Waals surface area contributed by atoms with Gasteiger partial charge < -0.3 is 5.11 Å². The quantitative estimate of drug-likeness (QED) is 0.780. The fourth-order valence-electron chi connectivity index (χ4n) is 2.38. The first-order valence-corrected chi connectivity index (χ1v) is 6.85. The molecule has 0 aliphatic heterocycles. The maximum Gasteiger partial charge on any atom is 0.216 e. The Labute approximate surface area is 123 Å². The molecule has 0 spiro atoms. The molecule has 1 N–H and O–H groups in total. The van der Waals surface area contributed by atoms with Gasteiger partial charge in [0, 0.05) is 17.8 Å². The van der Waals surface area contributed by atoms with Crippen molar-refractivity contribution in [3.8, 4) is 23.0 Å². The van der Waals surface area contributed by atoms with E-state index in [9.17, 15) is 5.11 Å². The van der Waals surface area contributed by atoms with Crippen molar-refractivity contribution in [2.75, 3.05) is 0 Å². The third-order valence-electron chi connectivity index (χ3n) is 3.89. The summed E-state index contributed by atoms with van der Waals surface area (Å²) in [6.07, 6.45) is 1.68. The van der Waals surface area contributed by atoms with E-state index in [-0.39, 0.29) is 5.88 Å². The van der Waals surface area contributed by atoms with E-state index in [4.69, 9.17) is 0 Å². The van der Waals surface area contributed by atoms with Crippen molar-refractivity contribution in [3.05, 3.63) is 59.3 Å². The molecule has 1 aromatic carbocycles. The SMILES string of the molecule is Cc1ccc(-c2cc(O)n(-c3ccccn3)n2)c(C)c1C. The van der Waals surface area contributed by atoms with Crippen LogP contribution in [0.25, 0.3) is 17.1 Å². The molecule has 0 radical (unpaired) electrons. The number of rotatable bonds is 2. The van der Waals surface area contributed by atoms with E-state index in [2.05, 4.69) is 36.9 Å². The molecule has 106 valence electrons. The molecule has 0 unspecified atom stereocenters. The van der Waals surface area contributed by atoms with Gasteiger partial charge in [0.15, 0.2) is 5.82 Å². The molecule has 2 heterocycles. The Balaban J connectivity index is 2.12. The summed E-state index contributed by atoms with van der Waals surface area (Å²) in [4.78, 5) is 4.21. The highest BCUT2D eigenvalue weighted by atomic mass is 16.3. The molecule has 3 aromatic rings. The summed E-state index contributed by atoms with van der Waals surface area (Å²) in [6.45, 7) is 6.27. The second-order valence-corrected chi connectivity index (χ2v) is 5.17. The van der Waals surface area contributed by atoms with Gasteiger partial charge in [0.05, 0.1) is 5.69 Å². The Bertz CT molecular complexity index is 791. The fraction of sp³-hybridized carbons (Fsp3) is 0.176. The molecule has 4 heteroatoms.